The second-order valence-electron chi connectivity index (χ2n) is 5.30. The van der Waals surface area contributed by atoms with Gasteiger partial charge in [-0.05, 0) is 25.0 Å². The van der Waals surface area contributed by atoms with Crippen LogP contribution in [0.3, 0.4) is 0 Å². The Morgan fingerprint density at radius 1 is 1.24 bits per heavy atom. The average molecular weight is 279 g/mol. The molecule has 3 aromatic rings. The van der Waals surface area contributed by atoms with Gasteiger partial charge in [0.25, 0.3) is 0 Å². The predicted molar refractivity (Wildman–Crippen MR) is 77.8 cm³/mol. The Kier molecular flexibility index (Phi) is 2.54. The predicted octanol–water partition coefficient (Wildman–Crippen LogP) is 3.00. The molecule has 1 saturated carbocycles. The number of carboxylic acids is 1. The zero-order valence-electron chi connectivity index (χ0n) is 11.2. The first kappa shape index (κ1) is 12.1. The van der Waals surface area contributed by atoms with E-state index in [4.69, 9.17) is 0 Å². The normalized spacial score (nSPS) is 14.5. The van der Waals surface area contributed by atoms with Crippen molar-refractivity contribution in [1.82, 2.24) is 14.8 Å². The minimum absolute atomic E-state index is 0.166. The highest BCUT2D eigenvalue weighted by Crippen LogP contribution is 2.39. The first-order chi connectivity index (χ1) is 10.2. The molecule has 1 aliphatic carbocycles. The Morgan fingerprint density at radius 2 is 2.05 bits per heavy atom. The van der Waals surface area contributed by atoms with Crippen LogP contribution in [0.2, 0.25) is 0 Å². The maximum atomic E-state index is 11.5. The molecule has 1 N–H and O–H groups in total. The van der Waals surface area contributed by atoms with E-state index >= 15 is 0 Å². The topological polar surface area (TPSA) is 68.0 Å². The van der Waals surface area contributed by atoms with Crippen molar-refractivity contribution in [2.45, 2.75) is 18.8 Å². The van der Waals surface area contributed by atoms with Gasteiger partial charge in [-0.2, -0.15) is 5.10 Å². The number of para-hydroxylation sites is 1. The van der Waals surface area contributed by atoms with Gasteiger partial charge < -0.3 is 5.11 Å². The number of carboxylic acid groups (broad SMARTS) is 1. The summed E-state index contributed by atoms with van der Waals surface area (Å²) in [6.45, 7) is 0. The molecule has 0 saturated heterocycles. The Labute approximate surface area is 120 Å². The zero-order valence-corrected chi connectivity index (χ0v) is 11.2. The lowest BCUT2D eigenvalue weighted by Crippen LogP contribution is -2.08. The van der Waals surface area contributed by atoms with Gasteiger partial charge in [0, 0.05) is 23.7 Å². The van der Waals surface area contributed by atoms with Gasteiger partial charge in [0.2, 0.25) is 0 Å². The van der Waals surface area contributed by atoms with Gasteiger partial charge in [-0.3, -0.25) is 4.98 Å². The molecule has 4 rings (SSSR count). The Morgan fingerprint density at radius 3 is 2.81 bits per heavy atom. The van der Waals surface area contributed by atoms with Crippen LogP contribution in [0, 0.1) is 0 Å². The Bertz CT molecular complexity index is 850. The van der Waals surface area contributed by atoms with Crippen LogP contribution in [0.15, 0.2) is 42.7 Å². The average Bonchev–Trinajstić information content (AvgIpc) is 3.24. The van der Waals surface area contributed by atoms with E-state index in [2.05, 4.69) is 10.1 Å². The zero-order chi connectivity index (χ0) is 14.4. The highest BCUT2D eigenvalue weighted by molar-refractivity contribution is 6.00. The van der Waals surface area contributed by atoms with Crippen LogP contribution in [0.1, 0.15) is 34.8 Å². The molecule has 5 nitrogen and oxygen atoms in total. The van der Waals surface area contributed by atoms with Crippen molar-refractivity contribution in [2.24, 2.45) is 0 Å². The molecule has 0 bridgehead atoms. The molecule has 1 aromatic carbocycles. The van der Waals surface area contributed by atoms with E-state index in [0.717, 1.165) is 16.6 Å². The number of rotatable bonds is 3. The SMILES string of the molecule is O=C(O)c1cnc2ccccc2c1-n1ccc(C2CC2)n1. The fraction of sp³-hybridized carbons (Fsp3) is 0.188. The molecule has 0 atom stereocenters. The van der Waals surface area contributed by atoms with Gasteiger partial charge in [0.15, 0.2) is 0 Å². The molecule has 2 heterocycles. The van der Waals surface area contributed by atoms with Crippen LogP contribution in [0.25, 0.3) is 16.6 Å². The van der Waals surface area contributed by atoms with Crippen LogP contribution in [-0.2, 0) is 0 Å². The van der Waals surface area contributed by atoms with Crippen LogP contribution < -0.4 is 0 Å². The third-order valence-electron chi connectivity index (χ3n) is 3.81. The van der Waals surface area contributed by atoms with E-state index in [1.54, 1.807) is 4.68 Å². The highest BCUT2D eigenvalue weighted by atomic mass is 16.4. The van der Waals surface area contributed by atoms with E-state index in [9.17, 15) is 9.90 Å². The summed E-state index contributed by atoms with van der Waals surface area (Å²) in [5.74, 6) is -0.459. The summed E-state index contributed by atoms with van der Waals surface area (Å²) in [7, 11) is 0. The van der Waals surface area contributed by atoms with Crippen molar-refractivity contribution in [3.8, 4) is 5.69 Å². The maximum absolute atomic E-state index is 11.5. The Balaban J connectivity index is 1.98. The van der Waals surface area contributed by atoms with Crippen LogP contribution in [-0.4, -0.2) is 25.8 Å². The monoisotopic (exact) mass is 279 g/mol. The first-order valence-corrected chi connectivity index (χ1v) is 6.91. The summed E-state index contributed by atoms with van der Waals surface area (Å²) in [4.78, 5) is 15.7. The number of hydrogen-bond donors (Lipinski definition) is 1. The van der Waals surface area contributed by atoms with Gasteiger partial charge in [0.1, 0.15) is 5.56 Å². The fourth-order valence-corrected chi connectivity index (χ4v) is 2.59. The quantitative estimate of drug-likeness (QED) is 0.800. The highest BCUT2D eigenvalue weighted by Gasteiger charge is 2.26. The summed E-state index contributed by atoms with van der Waals surface area (Å²) in [5.41, 5.74) is 2.55. The van der Waals surface area contributed by atoms with Crippen molar-refractivity contribution >= 4 is 16.9 Å². The summed E-state index contributed by atoms with van der Waals surface area (Å²) in [6.07, 6.45) is 5.57. The van der Waals surface area contributed by atoms with E-state index < -0.39 is 5.97 Å². The van der Waals surface area contributed by atoms with Gasteiger partial charge in [-0.1, -0.05) is 18.2 Å². The Hall–Kier alpha value is -2.69. The number of pyridine rings is 1. The van der Waals surface area contributed by atoms with Crippen molar-refractivity contribution in [2.75, 3.05) is 0 Å². The molecular weight excluding hydrogens is 266 g/mol. The number of benzene rings is 1. The number of hydrogen-bond acceptors (Lipinski definition) is 3. The number of carbonyl (C=O) groups is 1. The van der Waals surface area contributed by atoms with Gasteiger partial charge in [0.05, 0.1) is 16.9 Å². The summed E-state index contributed by atoms with van der Waals surface area (Å²) < 4.78 is 1.67. The molecule has 0 radical (unpaired) electrons. The minimum Gasteiger partial charge on any atom is -0.478 e. The van der Waals surface area contributed by atoms with E-state index in [1.165, 1.54) is 19.0 Å². The smallest absolute Gasteiger partial charge is 0.339 e. The third-order valence-corrected chi connectivity index (χ3v) is 3.81. The van der Waals surface area contributed by atoms with E-state index in [1.807, 2.05) is 36.5 Å². The van der Waals surface area contributed by atoms with E-state index in [-0.39, 0.29) is 5.56 Å². The lowest BCUT2D eigenvalue weighted by Gasteiger charge is -2.09. The lowest BCUT2D eigenvalue weighted by molar-refractivity contribution is 0.0696. The van der Waals surface area contributed by atoms with E-state index in [0.29, 0.717) is 11.6 Å². The van der Waals surface area contributed by atoms with Crippen LogP contribution in [0.4, 0.5) is 0 Å². The van der Waals surface area contributed by atoms with Crippen LogP contribution in [0.5, 0.6) is 0 Å². The standard InChI is InChI=1S/C16H13N3O2/c20-16(21)12-9-17-14-4-2-1-3-11(14)15(12)19-8-7-13(18-19)10-5-6-10/h1-4,7-10H,5-6H2,(H,20,21). The number of fused-ring (bicyclic) bond motifs is 1. The maximum Gasteiger partial charge on any atom is 0.339 e. The number of aromatic carboxylic acids is 1. The minimum atomic E-state index is -0.994. The summed E-state index contributed by atoms with van der Waals surface area (Å²) in [5, 5.41) is 14.8. The number of aromatic nitrogens is 3. The summed E-state index contributed by atoms with van der Waals surface area (Å²) >= 11 is 0. The largest absolute Gasteiger partial charge is 0.478 e. The molecule has 0 aliphatic heterocycles. The molecule has 0 spiro atoms. The van der Waals surface area contributed by atoms with Gasteiger partial charge in [-0.15, -0.1) is 0 Å². The van der Waals surface area contributed by atoms with Crippen molar-refractivity contribution in [3.05, 3.63) is 54.0 Å². The third kappa shape index (κ3) is 1.98. The first-order valence-electron chi connectivity index (χ1n) is 6.91. The fourth-order valence-electron chi connectivity index (χ4n) is 2.59. The van der Waals surface area contributed by atoms with Crippen molar-refractivity contribution < 1.29 is 9.90 Å². The number of nitrogens with zero attached hydrogens (tertiary/aromatic N) is 3. The summed E-state index contributed by atoms with van der Waals surface area (Å²) in [6, 6.07) is 9.49. The molecular formula is C16H13N3O2. The van der Waals surface area contributed by atoms with Gasteiger partial charge in [-0.25, -0.2) is 9.48 Å². The molecule has 1 fully saturated rings. The van der Waals surface area contributed by atoms with Crippen molar-refractivity contribution in [3.63, 3.8) is 0 Å². The molecule has 1 aliphatic rings. The molecule has 5 heteroatoms. The molecule has 104 valence electrons. The van der Waals surface area contributed by atoms with Crippen LogP contribution >= 0.6 is 0 Å². The molecule has 0 unspecified atom stereocenters. The second-order valence-corrected chi connectivity index (χ2v) is 5.30. The van der Waals surface area contributed by atoms with Crippen molar-refractivity contribution in [1.29, 1.82) is 0 Å². The molecule has 2 aromatic heterocycles. The lowest BCUT2D eigenvalue weighted by atomic mass is 10.1. The molecule has 21 heavy (non-hydrogen) atoms. The van der Waals surface area contributed by atoms with Gasteiger partial charge >= 0.3 is 5.97 Å². The molecule has 0 amide bonds. The second kappa shape index (κ2) is 4.41.